The van der Waals surface area contributed by atoms with Gasteiger partial charge in [0.2, 0.25) is 5.91 Å². The summed E-state index contributed by atoms with van der Waals surface area (Å²) in [6.45, 7) is 5.60. The molecule has 0 bridgehead atoms. The molecule has 2 aromatic rings. The molecule has 1 aromatic heterocycles. The third-order valence-electron chi connectivity index (χ3n) is 3.25. The van der Waals surface area contributed by atoms with Crippen LogP contribution in [0.4, 0.5) is 10.5 Å². The van der Waals surface area contributed by atoms with Crippen LogP contribution >= 0.6 is 0 Å². The van der Waals surface area contributed by atoms with Crippen LogP contribution in [-0.2, 0) is 4.79 Å². The summed E-state index contributed by atoms with van der Waals surface area (Å²) in [6.07, 6.45) is 3.67. The molecule has 1 aromatic carbocycles. The SMILES string of the molecule is CC(C)NC(=O)CC(C)NC(=O)Nc1cccc2cnccc12. The molecule has 0 spiro atoms. The molecule has 1 atom stereocenters. The fourth-order valence-corrected chi connectivity index (χ4v) is 2.32. The van der Waals surface area contributed by atoms with E-state index in [1.54, 1.807) is 19.3 Å². The van der Waals surface area contributed by atoms with Gasteiger partial charge in [0.05, 0.1) is 5.69 Å². The maximum Gasteiger partial charge on any atom is 0.319 e. The number of carbonyl (C=O) groups is 2. The van der Waals surface area contributed by atoms with Gasteiger partial charge in [-0.2, -0.15) is 0 Å². The van der Waals surface area contributed by atoms with Gasteiger partial charge in [0.25, 0.3) is 0 Å². The quantitative estimate of drug-likeness (QED) is 0.793. The number of nitrogens with zero attached hydrogens (tertiary/aromatic N) is 1. The molecule has 3 amide bonds. The van der Waals surface area contributed by atoms with E-state index in [4.69, 9.17) is 0 Å². The zero-order chi connectivity index (χ0) is 16.8. The van der Waals surface area contributed by atoms with Crippen molar-refractivity contribution < 1.29 is 9.59 Å². The molecule has 0 saturated carbocycles. The highest BCUT2D eigenvalue weighted by atomic mass is 16.2. The molecular formula is C17H22N4O2. The van der Waals surface area contributed by atoms with Crippen molar-refractivity contribution in [1.29, 1.82) is 0 Å². The van der Waals surface area contributed by atoms with Crippen molar-refractivity contribution in [1.82, 2.24) is 15.6 Å². The average molecular weight is 314 g/mol. The highest BCUT2D eigenvalue weighted by Gasteiger charge is 2.13. The van der Waals surface area contributed by atoms with Crippen LogP contribution in [0.3, 0.4) is 0 Å². The number of amides is 3. The standard InChI is InChI=1S/C17H22N4O2/c1-11(2)19-16(22)9-12(3)20-17(23)21-15-6-4-5-13-10-18-8-7-14(13)15/h4-8,10-12H,9H2,1-3H3,(H,19,22)(H2,20,21,23). The summed E-state index contributed by atoms with van der Waals surface area (Å²) in [5, 5.41) is 10.3. The van der Waals surface area contributed by atoms with E-state index >= 15 is 0 Å². The predicted octanol–water partition coefficient (Wildman–Crippen LogP) is 2.66. The first-order chi connectivity index (χ1) is 11.0. The van der Waals surface area contributed by atoms with Crippen LogP contribution in [0.1, 0.15) is 27.2 Å². The number of rotatable bonds is 5. The summed E-state index contributed by atoms with van der Waals surface area (Å²) in [6, 6.07) is 6.98. The van der Waals surface area contributed by atoms with Crippen LogP contribution in [0.15, 0.2) is 36.7 Å². The second-order valence-corrected chi connectivity index (χ2v) is 5.83. The number of aromatic nitrogens is 1. The number of carbonyl (C=O) groups excluding carboxylic acids is 2. The van der Waals surface area contributed by atoms with Gasteiger partial charge >= 0.3 is 6.03 Å². The minimum Gasteiger partial charge on any atom is -0.354 e. The van der Waals surface area contributed by atoms with Crippen LogP contribution in [0.25, 0.3) is 10.8 Å². The first-order valence-electron chi connectivity index (χ1n) is 7.65. The van der Waals surface area contributed by atoms with Crippen molar-refractivity contribution in [2.24, 2.45) is 0 Å². The van der Waals surface area contributed by atoms with E-state index in [9.17, 15) is 9.59 Å². The summed E-state index contributed by atoms with van der Waals surface area (Å²) in [7, 11) is 0. The van der Waals surface area contributed by atoms with E-state index in [0.29, 0.717) is 5.69 Å². The Morgan fingerprint density at radius 1 is 1.13 bits per heavy atom. The molecule has 3 N–H and O–H groups in total. The van der Waals surface area contributed by atoms with Gasteiger partial charge < -0.3 is 16.0 Å². The van der Waals surface area contributed by atoms with Gasteiger partial charge in [0, 0.05) is 41.7 Å². The van der Waals surface area contributed by atoms with E-state index in [2.05, 4.69) is 20.9 Å². The van der Waals surface area contributed by atoms with Crippen molar-refractivity contribution in [3.63, 3.8) is 0 Å². The lowest BCUT2D eigenvalue weighted by atomic mass is 10.1. The van der Waals surface area contributed by atoms with Crippen molar-refractivity contribution >= 4 is 28.4 Å². The number of anilines is 1. The zero-order valence-electron chi connectivity index (χ0n) is 13.6. The molecule has 0 aliphatic carbocycles. The van der Waals surface area contributed by atoms with E-state index < -0.39 is 0 Å². The molecule has 0 aliphatic heterocycles. The third kappa shape index (κ3) is 4.95. The summed E-state index contributed by atoms with van der Waals surface area (Å²) in [5.74, 6) is -0.0796. The van der Waals surface area contributed by atoms with Crippen LogP contribution < -0.4 is 16.0 Å². The Balaban J connectivity index is 1.95. The fourth-order valence-electron chi connectivity index (χ4n) is 2.32. The molecule has 122 valence electrons. The lowest BCUT2D eigenvalue weighted by molar-refractivity contribution is -0.121. The number of pyridine rings is 1. The Morgan fingerprint density at radius 2 is 1.91 bits per heavy atom. The Kier molecular flexibility index (Phi) is 5.51. The Labute approximate surface area is 135 Å². The zero-order valence-corrected chi connectivity index (χ0v) is 13.6. The van der Waals surface area contributed by atoms with E-state index in [1.807, 2.05) is 38.1 Å². The predicted molar refractivity (Wildman–Crippen MR) is 91.3 cm³/mol. The monoisotopic (exact) mass is 314 g/mol. The van der Waals surface area contributed by atoms with Gasteiger partial charge in [-0.25, -0.2) is 4.79 Å². The van der Waals surface area contributed by atoms with Crippen LogP contribution in [0, 0.1) is 0 Å². The maximum atomic E-state index is 12.1. The summed E-state index contributed by atoms with van der Waals surface area (Å²) < 4.78 is 0. The minimum absolute atomic E-state index is 0.0796. The van der Waals surface area contributed by atoms with E-state index in [-0.39, 0.29) is 30.4 Å². The molecule has 0 fully saturated rings. The number of hydrogen-bond donors (Lipinski definition) is 3. The minimum atomic E-state index is -0.334. The topological polar surface area (TPSA) is 83.1 Å². The number of nitrogens with one attached hydrogen (secondary N) is 3. The Morgan fingerprint density at radius 3 is 2.65 bits per heavy atom. The molecule has 0 radical (unpaired) electrons. The lowest BCUT2D eigenvalue weighted by Crippen LogP contribution is -2.40. The molecular weight excluding hydrogens is 292 g/mol. The van der Waals surface area contributed by atoms with Gasteiger partial charge in [-0.15, -0.1) is 0 Å². The Hall–Kier alpha value is -2.63. The van der Waals surface area contributed by atoms with Crippen molar-refractivity contribution in [3.8, 4) is 0 Å². The van der Waals surface area contributed by atoms with Crippen molar-refractivity contribution in [3.05, 3.63) is 36.7 Å². The number of fused-ring (bicyclic) bond motifs is 1. The highest BCUT2D eigenvalue weighted by molar-refractivity contribution is 6.01. The third-order valence-corrected chi connectivity index (χ3v) is 3.25. The molecule has 2 rings (SSSR count). The second kappa shape index (κ2) is 7.58. The fraction of sp³-hybridized carbons (Fsp3) is 0.353. The number of hydrogen-bond acceptors (Lipinski definition) is 3. The van der Waals surface area contributed by atoms with Crippen molar-refractivity contribution in [2.45, 2.75) is 39.3 Å². The summed E-state index contributed by atoms with van der Waals surface area (Å²) in [4.78, 5) is 27.9. The van der Waals surface area contributed by atoms with Gasteiger partial charge in [-0.05, 0) is 32.9 Å². The van der Waals surface area contributed by atoms with Crippen LogP contribution in [0.5, 0.6) is 0 Å². The van der Waals surface area contributed by atoms with Gasteiger partial charge in [-0.1, -0.05) is 12.1 Å². The normalized spacial score (nSPS) is 12.0. The van der Waals surface area contributed by atoms with Crippen LogP contribution in [0.2, 0.25) is 0 Å². The molecule has 1 unspecified atom stereocenters. The highest BCUT2D eigenvalue weighted by Crippen LogP contribution is 2.21. The van der Waals surface area contributed by atoms with Gasteiger partial charge in [-0.3, -0.25) is 9.78 Å². The summed E-state index contributed by atoms with van der Waals surface area (Å²) >= 11 is 0. The molecule has 6 heteroatoms. The molecule has 0 aliphatic rings. The van der Waals surface area contributed by atoms with Gasteiger partial charge in [0.15, 0.2) is 0 Å². The lowest BCUT2D eigenvalue weighted by Gasteiger charge is -2.16. The summed E-state index contributed by atoms with van der Waals surface area (Å²) in [5.41, 5.74) is 0.709. The first-order valence-corrected chi connectivity index (χ1v) is 7.65. The van der Waals surface area contributed by atoms with Gasteiger partial charge in [0.1, 0.15) is 0 Å². The smallest absolute Gasteiger partial charge is 0.319 e. The molecule has 6 nitrogen and oxygen atoms in total. The number of benzene rings is 1. The van der Waals surface area contributed by atoms with Crippen LogP contribution in [-0.4, -0.2) is 29.0 Å². The van der Waals surface area contributed by atoms with E-state index in [1.165, 1.54) is 0 Å². The first kappa shape index (κ1) is 16.7. The Bertz CT molecular complexity index is 695. The van der Waals surface area contributed by atoms with Crippen molar-refractivity contribution in [2.75, 3.05) is 5.32 Å². The van der Waals surface area contributed by atoms with E-state index in [0.717, 1.165) is 10.8 Å². The molecule has 23 heavy (non-hydrogen) atoms. The second-order valence-electron chi connectivity index (χ2n) is 5.83. The maximum absolute atomic E-state index is 12.1. The molecule has 0 saturated heterocycles. The largest absolute Gasteiger partial charge is 0.354 e. The average Bonchev–Trinajstić information content (AvgIpc) is 2.46. The number of urea groups is 1. The molecule has 1 heterocycles.